The quantitative estimate of drug-likeness (QED) is 0.190. The Hall–Kier alpha value is -4.27. The third-order valence-corrected chi connectivity index (χ3v) is 12.7. The Morgan fingerprint density at radius 2 is 1.85 bits per heavy atom. The molecule has 2 atom stereocenters. The molecule has 1 spiro atoms. The number of hydrogen-bond donors (Lipinski definition) is 1. The maximum Gasteiger partial charge on any atom is 0.319 e. The van der Waals surface area contributed by atoms with Crippen molar-refractivity contribution in [3.05, 3.63) is 41.5 Å². The van der Waals surface area contributed by atoms with E-state index in [1.54, 1.807) is 0 Å². The minimum atomic E-state index is -0.774. The first kappa shape index (κ1) is 33.6. The molecule has 11 heteroatoms. The molecule has 0 radical (unpaired) electrons. The molecule has 52 heavy (non-hydrogen) atoms. The molecule has 3 saturated carbocycles. The van der Waals surface area contributed by atoms with E-state index in [-0.39, 0.29) is 50.8 Å². The Labute approximate surface area is 302 Å². The van der Waals surface area contributed by atoms with Gasteiger partial charge in [0.2, 0.25) is 5.88 Å². The Morgan fingerprint density at radius 3 is 2.65 bits per heavy atom. The highest BCUT2D eigenvalue weighted by atomic mass is 19.1. The summed E-state index contributed by atoms with van der Waals surface area (Å²) in [7, 11) is 1.46. The molecule has 2 aliphatic heterocycles. The molecule has 0 bridgehead atoms. The van der Waals surface area contributed by atoms with Crippen LogP contribution in [0.15, 0.2) is 24.3 Å². The number of anilines is 1. The lowest BCUT2D eigenvalue weighted by Gasteiger charge is -2.49. The van der Waals surface area contributed by atoms with Crippen molar-refractivity contribution >= 4 is 27.5 Å². The van der Waals surface area contributed by atoms with Gasteiger partial charge in [-0.05, 0) is 99.3 Å². The van der Waals surface area contributed by atoms with E-state index >= 15 is 8.78 Å². The molecule has 4 aromatic rings. The molecular weight excluding hydrogens is 664 g/mol. The number of phenols is 1. The maximum atomic E-state index is 17.2. The van der Waals surface area contributed by atoms with Gasteiger partial charge in [0.1, 0.15) is 34.0 Å². The summed E-state index contributed by atoms with van der Waals surface area (Å²) in [5, 5.41) is 11.7. The highest BCUT2D eigenvalue weighted by Gasteiger charge is 2.55. The van der Waals surface area contributed by atoms with Crippen LogP contribution in [0.1, 0.15) is 69.8 Å². The van der Waals surface area contributed by atoms with Gasteiger partial charge in [-0.3, -0.25) is 4.90 Å². The number of likely N-dealkylation sites (tertiary alicyclic amines) is 1. The van der Waals surface area contributed by atoms with Crippen LogP contribution in [0.2, 0.25) is 0 Å². The van der Waals surface area contributed by atoms with Gasteiger partial charge in [-0.25, -0.2) is 13.8 Å². The minimum Gasteiger partial charge on any atom is -0.508 e. The predicted octanol–water partition coefficient (Wildman–Crippen LogP) is 7.25. The van der Waals surface area contributed by atoms with E-state index in [9.17, 15) is 5.11 Å². The smallest absolute Gasteiger partial charge is 0.319 e. The van der Waals surface area contributed by atoms with E-state index in [0.29, 0.717) is 61.0 Å². The van der Waals surface area contributed by atoms with Crippen LogP contribution in [0.3, 0.4) is 0 Å². The number of fused-ring (bicyclic) bond motifs is 3. The number of ether oxygens (including phenoxy) is 3. The Morgan fingerprint density at radius 1 is 1.00 bits per heavy atom. The SMILES string of the molecule is C#Cc1c(F)ccc2cc(O)cc(-c3nc(OC)c4c(N5CCCOCC5)nc(OCC56CCCC5N(CC5CC7(CC7)C5)CCC6)nc4c3F)c12. The molecule has 9 rings (SSSR count). The first-order valence-corrected chi connectivity index (χ1v) is 18.9. The molecular formula is C41H45F2N5O4. The molecule has 5 fully saturated rings. The summed E-state index contributed by atoms with van der Waals surface area (Å²) in [4.78, 5) is 19.1. The number of hydrogen-bond acceptors (Lipinski definition) is 9. The fourth-order valence-corrected chi connectivity index (χ4v) is 10.1. The lowest BCUT2D eigenvalue weighted by Crippen LogP contribution is -2.54. The van der Waals surface area contributed by atoms with Gasteiger partial charge >= 0.3 is 6.01 Å². The predicted molar refractivity (Wildman–Crippen MR) is 195 cm³/mol. The molecule has 0 amide bonds. The largest absolute Gasteiger partial charge is 0.508 e. The first-order valence-electron chi connectivity index (χ1n) is 18.9. The van der Waals surface area contributed by atoms with Crippen molar-refractivity contribution in [2.24, 2.45) is 16.7 Å². The van der Waals surface area contributed by atoms with Gasteiger partial charge in [0, 0.05) is 48.6 Å². The van der Waals surface area contributed by atoms with E-state index in [1.165, 1.54) is 63.6 Å². The van der Waals surface area contributed by atoms with E-state index < -0.39 is 11.6 Å². The van der Waals surface area contributed by atoms with Gasteiger partial charge in [0.15, 0.2) is 5.82 Å². The number of aromatic hydroxyl groups is 1. The van der Waals surface area contributed by atoms with Crippen molar-refractivity contribution in [1.82, 2.24) is 19.9 Å². The van der Waals surface area contributed by atoms with Crippen LogP contribution >= 0.6 is 0 Å². The van der Waals surface area contributed by atoms with Crippen LogP contribution in [0, 0.1) is 40.7 Å². The molecule has 9 nitrogen and oxygen atoms in total. The molecule has 2 aromatic carbocycles. The van der Waals surface area contributed by atoms with Crippen LogP contribution < -0.4 is 14.4 Å². The zero-order valence-corrected chi connectivity index (χ0v) is 29.7. The minimum absolute atomic E-state index is 0.00991. The number of pyridine rings is 1. The van der Waals surface area contributed by atoms with Crippen LogP contribution in [0.4, 0.5) is 14.6 Å². The molecule has 2 aromatic heterocycles. The van der Waals surface area contributed by atoms with E-state index in [1.807, 2.05) is 4.90 Å². The molecule has 2 unspecified atom stereocenters. The molecule has 3 aliphatic carbocycles. The lowest BCUT2D eigenvalue weighted by molar-refractivity contribution is -0.0213. The van der Waals surface area contributed by atoms with Crippen molar-refractivity contribution in [2.45, 2.75) is 70.3 Å². The summed E-state index contributed by atoms with van der Waals surface area (Å²) in [6.07, 6.45) is 17.8. The second-order valence-corrected chi connectivity index (χ2v) is 15.9. The number of terminal acetylenes is 1. The number of nitrogens with zero attached hydrogens (tertiary/aromatic N) is 5. The van der Waals surface area contributed by atoms with Crippen LogP contribution in [0.25, 0.3) is 32.9 Å². The molecule has 5 aliphatic rings. The molecule has 4 heterocycles. The van der Waals surface area contributed by atoms with Gasteiger partial charge in [-0.15, -0.1) is 6.42 Å². The lowest BCUT2D eigenvalue weighted by atomic mass is 9.70. The van der Waals surface area contributed by atoms with Crippen molar-refractivity contribution in [3.8, 4) is 41.2 Å². The second-order valence-electron chi connectivity index (χ2n) is 15.9. The maximum absolute atomic E-state index is 17.2. The normalized spacial score (nSPS) is 24.4. The molecule has 272 valence electrons. The third-order valence-electron chi connectivity index (χ3n) is 12.7. The Balaban J connectivity index is 1.13. The van der Waals surface area contributed by atoms with Gasteiger partial charge in [-0.2, -0.15) is 9.97 Å². The number of rotatable bonds is 8. The summed E-state index contributed by atoms with van der Waals surface area (Å²) in [6, 6.07) is 6.08. The average molecular weight is 710 g/mol. The number of piperidine rings is 1. The fourth-order valence-electron chi connectivity index (χ4n) is 10.1. The fraction of sp³-hybridized carbons (Fsp3) is 0.537. The van der Waals surface area contributed by atoms with Crippen LogP contribution in [-0.4, -0.2) is 84.1 Å². The average Bonchev–Trinajstić information content (AvgIpc) is 3.88. The monoisotopic (exact) mass is 709 g/mol. The summed E-state index contributed by atoms with van der Waals surface area (Å²) in [6.45, 7) is 5.02. The topological polar surface area (TPSA) is 93.1 Å². The zero-order valence-electron chi connectivity index (χ0n) is 29.7. The van der Waals surface area contributed by atoms with Crippen LogP contribution in [0.5, 0.6) is 17.6 Å². The summed E-state index contributed by atoms with van der Waals surface area (Å²) >= 11 is 0. The summed E-state index contributed by atoms with van der Waals surface area (Å²) < 4.78 is 50.4. The van der Waals surface area contributed by atoms with Gasteiger partial charge in [0.25, 0.3) is 0 Å². The highest BCUT2D eigenvalue weighted by molar-refractivity contribution is 6.04. The number of aromatic nitrogens is 3. The Kier molecular flexibility index (Phi) is 8.38. The number of benzene rings is 2. The van der Waals surface area contributed by atoms with Crippen molar-refractivity contribution < 1.29 is 28.1 Å². The summed E-state index contributed by atoms with van der Waals surface area (Å²) in [5.41, 5.74) is 0.544. The standard InChI is InChI=1S/C41H45F2N5O4/c1-3-28-30(42)9-8-26-19-27(49)20-29(32(26)28)35-34(43)36-33(38(44-35)50-2)37(47-15-6-17-51-18-16-47)46-39(45-36)52-24-41-10-4-7-31(41)48(14-5-11-41)23-25-21-40(22-25)12-13-40/h1,8-9,19-20,25,31,49H,4-7,10-18,21-24H2,2H3. The highest BCUT2D eigenvalue weighted by Crippen LogP contribution is 2.63. The van der Waals surface area contributed by atoms with E-state index in [4.69, 9.17) is 30.6 Å². The summed E-state index contributed by atoms with van der Waals surface area (Å²) in [5.74, 6) is 2.21. The number of phenolic OH excluding ortho intramolecular Hbond substituents is 1. The van der Waals surface area contributed by atoms with Gasteiger partial charge in [-0.1, -0.05) is 18.4 Å². The second kappa shape index (κ2) is 13.0. The van der Waals surface area contributed by atoms with Crippen LogP contribution in [-0.2, 0) is 4.74 Å². The van der Waals surface area contributed by atoms with E-state index in [2.05, 4.69) is 15.8 Å². The van der Waals surface area contributed by atoms with Gasteiger partial charge in [0.05, 0.1) is 25.9 Å². The first-order chi connectivity index (χ1) is 25.3. The molecule has 2 saturated heterocycles. The third kappa shape index (κ3) is 5.70. The molecule has 1 N–H and O–H groups in total. The van der Waals surface area contributed by atoms with Crippen molar-refractivity contribution in [2.75, 3.05) is 58.0 Å². The number of methoxy groups -OCH3 is 1. The van der Waals surface area contributed by atoms with Crippen molar-refractivity contribution in [1.29, 1.82) is 0 Å². The number of halogens is 2. The van der Waals surface area contributed by atoms with E-state index in [0.717, 1.165) is 51.0 Å². The Bertz CT molecular complexity index is 2080. The van der Waals surface area contributed by atoms with Gasteiger partial charge < -0.3 is 24.2 Å². The zero-order chi connectivity index (χ0) is 35.6. The van der Waals surface area contributed by atoms with Crippen molar-refractivity contribution in [3.63, 3.8) is 0 Å².